The minimum atomic E-state index is 0.0114. The molecule has 0 unspecified atom stereocenters. The normalized spacial score (nSPS) is 13.6. The molecule has 0 radical (unpaired) electrons. The summed E-state index contributed by atoms with van der Waals surface area (Å²) >= 11 is 0. The lowest BCUT2D eigenvalue weighted by molar-refractivity contribution is 0.469. The van der Waals surface area contributed by atoms with E-state index in [1.54, 1.807) is 0 Å². The molecule has 0 atom stereocenters. The van der Waals surface area contributed by atoms with Crippen LogP contribution < -0.4 is 35.7 Å². The molecule has 0 N–H and O–H groups in total. The number of rotatable bonds is 2. The van der Waals surface area contributed by atoms with Crippen molar-refractivity contribution < 1.29 is 9.47 Å². The summed E-state index contributed by atoms with van der Waals surface area (Å²) in [5.41, 5.74) is 9.76. The summed E-state index contributed by atoms with van der Waals surface area (Å²) in [5, 5.41) is 0. The number of benzene rings is 6. The molecule has 6 aromatic carbocycles. The molecule has 0 saturated carbocycles. The Labute approximate surface area is 238 Å². The number of hydrogen-bond acceptors (Lipinski definition) is 4. The molecule has 3 aliphatic rings. The quantitative estimate of drug-likeness (QED) is 0.216. The second-order valence-corrected chi connectivity index (χ2v) is 10.5. The smallest absolute Gasteiger partial charge is 0.256 e. The minimum Gasteiger partial charge on any atom is -0.458 e. The lowest BCUT2D eigenvalue weighted by Gasteiger charge is -2.43. The Balaban J connectivity index is 1.42. The van der Waals surface area contributed by atoms with Gasteiger partial charge in [-0.3, -0.25) is 0 Å². The molecule has 3 aliphatic heterocycles. The van der Waals surface area contributed by atoms with Crippen molar-refractivity contribution in [3.63, 3.8) is 0 Å². The van der Waals surface area contributed by atoms with Crippen LogP contribution in [0.5, 0.6) is 23.0 Å². The summed E-state index contributed by atoms with van der Waals surface area (Å²) in [6, 6.07) is 48.6. The Morgan fingerprint density at radius 3 is 1.78 bits per heavy atom. The molecule has 0 bridgehead atoms. The van der Waals surface area contributed by atoms with Gasteiger partial charge in [-0.25, -0.2) is 0 Å². The van der Waals surface area contributed by atoms with Crippen LogP contribution in [0.15, 0.2) is 140 Å². The molecule has 5 heteroatoms. The van der Waals surface area contributed by atoms with Gasteiger partial charge in [0.1, 0.15) is 11.5 Å². The Hall–Kier alpha value is -5.42. The molecule has 0 fully saturated rings. The average Bonchev–Trinajstić information content (AvgIpc) is 3.04. The summed E-state index contributed by atoms with van der Waals surface area (Å²) in [7, 11) is 0. The fraction of sp³-hybridized carbons (Fsp3) is 0. The van der Waals surface area contributed by atoms with Gasteiger partial charge in [0.15, 0.2) is 11.5 Å². The predicted octanol–water partition coefficient (Wildman–Crippen LogP) is 7.67. The molecule has 0 aliphatic carbocycles. The van der Waals surface area contributed by atoms with Gasteiger partial charge in [-0.05, 0) is 59.5 Å². The van der Waals surface area contributed by atoms with Gasteiger partial charge < -0.3 is 19.3 Å². The average molecular weight is 526 g/mol. The maximum Gasteiger partial charge on any atom is 0.256 e. The number of fused-ring (bicyclic) bond motifs is 7. The number of hydrogen-bond donors (Lipinski definition) is 0. The molecular weight excluding hydrogens is 503 g/mol. The summed E-state index contributed by atoms with van der Waals surface area (Å²) in [6.45, 7) is 0.0114. The van der Waals surface area contributed by atoms with Gasteiger partial charge in [-0.1, -0.05) is 84.9 Å². The van der Waals surface area contributed by atoms with E-state index >= 15 is 0 Å². The van der Waals surface area contributed by atoms with Crippen LogP contribution in [0.25, 0.3) is 0 Å². The van der Waals surface area contributed by atoms with Crippen LogP contribution >= 0.6 is 0 Å². The topological polar surface area (TPSA) is 24.9 Å². The first-order valence-corrected chi connectivity index (χ1v) is 13.9. The van der Waals surface area contributed by atoms with E-state index in [1.165, 1.54) is 5.46 Å². The fourth-order valence-corrected chi connectivity index (χ4v) is 6.61. The van der Waals surface area contributed by atoms with Crippen molar-refractivity contribution in [2.24, 2.45) is 0 Å². The summed E-state index contributed by atoms with van der Waals surface area (Å²) in [5.74, 6) is 3.38. The third-order valence-electron chi connectivity index (χ3n) is 8.27. The highest BCUT2D eigenvalue weighted by Gasteiger charge is 2.45. The largest absolute Gasteiger partial charge is 0.458 e. The number of anilines is 6. The van der Waals surface area contributed by atoms with Crippen LogP contribution in [-0.2, 0) is 0 Å². The van der Waals surface area contributed by atoms with Gasteiger partial charge in [0.2, 0.25) is 0 Å². The maximum absolute atomic E-state index is 6.92. The first-order valence-electron chi connectivity index (χ1n) is 13.9. The lowest BCUT2D eigenvalue weighted by Crippen LogP contribution is -2.59. The van der Waals surface area contributed by atoms with E-state index in [2.05, 4.69) is 125 Å². The molecule has 3 heterocycles. The summed E-state index contributed by atoms with van der Waals surface area (Å²) in [4.78, 5) is 4.63. The molecular formula is C36H23BN2O2. The Morgan fingerprint density at radius 2 is 1.02 bits per heavy atom. The van der Waals surface area contributed by atoms with Crippen molar-refractivity contribution >= 4 is 57.2 Å². The van der Waals surface area contributed by atoms with Gasteiger partial charge in [0, 0.05) is 28.6 Å². The van der Waals surface area contributed by atoms with Gasteiger partial charge in [-0.15, -0.1) is 0 Å². The van der Waals surface area contributed by atoms with E-state index in [0.717, 1.165) is 68.0 Å². The zero-order valence-electron chi connectivity index (χ0n) is 22.1. The Kier molecular flexibility index (Phi) is 4.67. The van der Waals surface area contributed by atoms with Gasteiger partial charge in [0.05, 0.1) is 17.1 Å². The van der Waals surface area contributed by atoms with E-state index in [9.17, 15) is 0 Å². The van der Waals surface area contributed by atoms with Crippen LogP contribution in [0.4, 0.5) is 34.1 Å². The van der Waals surface area contributed by atoms with E-state index in [1.807, 2.05) is 24.3 Å². The molecule has 4 nitrogen and oxygen atoms in total. The first-order chi connectivity index (χ1) is 20.4. The van der Waals surface area contributed by atoms with E-state index in [-0.39, 0.29) is 6.71 Å². The van der Waals surface area contributed by atoms with Gasteiger partial charge in [-0.2, -0.15) is 0 Å². The second-order valence-electron chi connectivity index (χ2n) is 10.5. The molecule has 41 heavy (non-hydrogen) atoms. The predicted molar refractivity (Wildman–Crippen MR) is 167 cm³/mol. The third kappa shape index (κ3) is 3.17. The zero-order valence-corrected chi connectivity index (χ0v) is 22.1. The van der Waals surface area contributed by atoms with Crippen molar-refractivity contribution in [1.29, 1.82) is 0 Å². The molecule has 0 saturated heterocycles. The number of para-hydroxylation sites is 6. The molecule has 0 aromatic heterocycles. The summed E-state index contributed by atoms with van der Waals surface area (Å²) < 4.78 is 13.7. The molecule has 9 rings (SSSR count). The number of nitrogens with zero attached hydrogens (tertiary/aromatic N) is 2. The minimum absolute atomic E-state index is 0.0114. The standard InChI is InChI=1S/C36H23BN2O2/c1-3-13-24(14-4-1)38-29-20-10-12-22-32(29)41-36-30(38)23-33-34-35(36)39(25-15-5-2-6-16-25)28-19-9-7-17-26(28)37(34)27-18-8-11-21-31(27)40-33/h1-23H. The van der Waals surface area contributed by atoms with E-state index in [4.69, 9.17) is 9.47 Å². The zero-order chi connectivity index (χ0) is 26.9. The van der Waals surface area contributed by atoms with Crippen molar-refractivity contribution in [1.82, 2.24) is 0 Å². The molecule has 0 spiro atoms. The first kappa shape index (κ1) is 22.4. The number of ether oxygens (including phenoxy) is 2. The van der Waals surface area contributed by atoms with Crippen molar-refractivity contribution in [2.45, 2.75) is 0 Å². The SMILES string of the molecule is c1ccc(N2c3ccccc3Oc3c2cc2c4c3N(c3ccccc3)c3ccccc3B4c3ccccc3O2)cc1. The molecule has 0 amide bonds. The monoisotopic (exact) mass is 526 g/mol. The fourth-order valence-electron chi connectivity index (χ4n) is 6.61. The van der Waals surface area contributed by atoms with Crippen LogP contribution in [0, 0.1) is 0 Å². The van der Waals surface area contributed by atoms with Crippen molar-refractivity contribution in [3.8, 4) is 23.0 Å². The van der Waals surface area contributed by atoms with Crippen LogP contribution in [0.2, 0.25) is 0 Å². The maximum atomic E-state index is 6.92. The van der Waals surface area contributed by atoms with E-state index < -0.39 is 0 Å². The van der Waals surface area contributed by atoms with Gasteiger partial charge in [0.25, 0.3) is 6.71 Å². The van der Waals surface area contributed by atoms with Crippen LogP contribution in [0.1, 0.15) is 0 Å². The Bertz CT molecular complexity index is 1980. The second kappa shape index (κ2) is 8.54. The van der Waals surface area contributed by atoms with Crippen molar-refractivity contribution in [3.05, 3.63) is 140 Å². The highest BCUT2D eigenvalue weighted by Crippen LogP contribution is 2.57. The highest BCUT2D eigenvalue weighted by atomic mass is 16.5. The van der Waals surface area contributed by atoms with Crippen LogP contribution in [-0.4, -0.2) is 6.71 Å². The molecule has 6 aromatic rings. The van der Waals surface area contributed by atoms with Crippen molar-refractivity contribution in [2.75, 3.05) is 9.80 Å². The van der Waals surface area contributed by atoms with Gasteiger partial charge >= 0.3 is 0 Å². The summed E-state index contributed by atoms with van der Waals surface area (Å²) in [6.07, 6.45) is 0. The molecule has 192 valence electrons. The highest BCUT2D eigenvalue weighted by molar-refractivity contribution is 6.99. The third-order valence-corrected chi connectivity index (χ3v) is 8.27. The Morgan fingerprint density at radius 1 is 0.439 bits per heavy atom. The van der Waals surface area contributed by atoms with E-state index in [0.29, 0.717) is 0 Å². The lowest BCUT2D eigenvalue weighted by atomic mass is 9.34. The van der Waals surface area contributed by atoms with Crippen LogP contribution in [0.3, 0.4) is 0 Å².